The van der Waals surface area contributed by atoms with Gasteiger partial charge < -0.3 is 18.8 Å². The van der Waals surface area contributed by atoms with Crippen molar-refractivity contribution in [3.8, 4) is 61.3 Å². The fourth-order valence-electron chi connectivity index (χ4n) is 15.0. The second kappa shape index (κ2) is 21.7. The highest BCUT2D eigenvalue weighted by Crippen LogP contribution is 2.55. The third-order valence-corrected chi connectivity index (χ3v) is 19.3. The van der Waals surface area contributed by atoms with E-state index < -0.39 is 0 Å². The Kier molecular flexibility index (Phi) is 13.0. The molecule has 17 rings (SSSR count). The lowest BCUT2D eigenvalue weighted by Crippen LogP contribution is -2.61. The Bertz CT molecular complexity index is 5200. The van der Waals surface area contributed by atoms with Crippen LogP contribution in [0, 0.1) is 0 Å². The lowest BCUT2D eigenvalue weighted by atomic mass is 9.33. The van der Waals surface area contributed by atoms with Crippen molar-refractivity contribution in [3.05, 3.63) is 302 Å². The minimum Gasteiger partial charge on any atom is -0.456 e. The first-order valence-electron chi connectivity index (χ1n) is 32.2. The molecule has 0 spiro atoms. The first-order chi connectivity index (χ1) is 44.8. The van der Waals surface area contributed by atoms with Crippen molar-refractivity contribution in [2.45, 2.75) is 52.4 Å². The number of unbranched alkanes of at least 4 members (excludes halogenated alkanes) is 1. The van der Waals surface area contributed by atoms with Crippen molar-refractivity contribution in [1.29, 1.82) is 0 Å². The zero-order chi connectivity index (χ0) is 60.9. The smallest absolute Gasteiger partial charge is 0.252 e. The summed E-state index contributed by atoms with van der Waals surface area (Å²) in [7, 11) is 0. The molecule has 4 nitrogen and oxygen atoms in total. The summed E-state index contributed by atoms with van der Waals surface area (Å²) < 4.78 is 9.80. The van der Waals surface area contributed by atoms with Gasteiger partial charge in [-0.25, -0.2) is 0 Å². The van der Waals surface area contributed by atoms with Crippen LogP contribution in [-0.2, 0) is 11.8 Å². The summed E-state index contributed by atoms with van der Waals surface area (Å²) in [5.41, 5.74) is 29.7. The summed E-state index contributed by atoms with van der Waals surface area (Å²) in [6, 6.07) is 109. The molecule has 2 aliphatic rings. The topological polar surface area (TPSA) is 24.6 Å². The van der Waals surface area contributed by atoms with Crippen molar-refractivity contribution < 1.29 is 4.42 Å². The summed E-state index contributed by atoms with van der Waals surface area (Å²) in [4.78, 5) is 5.40. The fraction of sp³-hybridized carbons (Fsp3) is 0.0930. The van der Waals surface area contributed by atoms with E-state index in [0.29, 0.717) is 0 Å². The van der Waals surface area contributed by atoms with Gasteiger partial charge in [0.25, 0.3) is 6.71 Å². The first-order valence-corrected chi connectivity index (χ1v) is 32.2. The summed E-state index contributed by atoms with van der Waals surface area (Å²) in [6.45, 7) is 9.26. The fourth-order valence-corrected chi connectivity index (χ4v) is 15.0. The zero-order valence-electron chi connectivity index (χ0n) is 51.7. The SMILES string of the molecule is CCCCc1c(N2c3cc(-n4c5ccccc5c5ccccc54)ccc3B3c4cc(-c5ccccc5)ccc4N(c4c(-c5ccccc5)cc(-c5ccccc5)cc4-c4ccccc4)c4cc(C(C)(C)C)cc2c43)c(-c2ccccc2)cc2c1oc1ccccc12. The van der Waals surface area contributed by atoms with Crippen molar-refractivity contribution in [2.75, 3.05) is 9.80 Å². The van der Waals surface area contributed by atoms with Crippen LogP contribution in [0.15, 0.2) is 296 Å². The van der Waals surface area contributed by atoms with Gasteiger partial charge in [0.2, 0.25) is 0 Å². The van der Waals surface area contributed by atoms with Crippen molar-refractivity contribution in [3.63, 3.8) is 0 Å². The molecule has 0 N–H and O–H groups in total. The van der Waals surface area contributed by atoms with Crippen LogP contribution in [0.25, 0.3) is 105 Å². The van der Waals surface area contributed by atoms with E-state index in [1.165, 1.54) is 71.6 Å². The van der Waals surface area contributed by atoms with Crippen LogP contribution < -0.4 is 26.2 Å². The highest BCUT2D eigenvalue weighted by Gasteiger charge is 2.46. The van der Waals surface area contributed by atoms with E-state index in [0.717, 1.165) is 114 Å². The zero-order valence-corrected chi connectivity index (χ0v) is 51.7. The third kappa shape index (κ3) is 8.89. The molecule has 0 atom stereocenters. The molecule has 0 saturated carbocycles. The van der Waals surface area contributed by atoms with Gasteiger partial charge >= 0.3 is 0 Å². The summed E-state index contributed by atoms with van der Waals surface area (Å²) in [6.07, 6.45) is 2.82. The lowest BCUT2D eigenvalue weighted by molar-refractivity contribution is 0.590. The monoisotopic (exact) mass is 1170 g/mol. The lowest BCUT2D eigenvalue weighted by Gasteiger charge is -2.46. The highest BCUT2D eigenvalue weighted by atomic mass is 16.3. The number of aryl methyl sites for hydroxylation is 1. The number of hydrogen-bond donors (Lipinski definition) is 0. The number of hydrogen-bond acceptors (Lipinski definition) is 3. The largest absolute Gasteiger partial charge is 0.456 e. The predicted octanol–water partition coefficient (Wildman–Crippen LogP) is 21.7. The van der Waals surface area contributed by atoms with Gasteiger partial charge in [0.15, 0.2) is 0 Å². The van der Waals surface area contributed by atoms with Crippen LogP contribution >= 0.6 is 0 Å². The van der Waals surface area contributed by atoms with Crippen molar-refractivity contribution in [1.82, 2.24) is 4.57 Å². The molecule has 0 amide bonds. The van der Waals surface area contributed by atoms with Crippen LogP contribution in [-0.4, -0.2) is 11.3 Å². The van der Waals surface area contributed by atoms with Gasteiger partial charge in [-0.05, 0) is 146 Å². The molecule has 15 aromatic rings. The van der Waals surface area contributed by atoms with E-state index in [1.807, 2.05) is 0 Å². The standard InChI is InChI=1S/C86H66BN3O/c1-5-6-38-68-83(71(60-36-20-11-21-37-60)55-72-67-41-24-27-44-81(67)91-85(68)72)90-78-54-64(88-75-42-25-22-39-65(75)66-40-23-26-43-76(66)88)46-47-73(78)87-74-51-61(56-28-12-7-13-29-56)45-48-77(74)89(79-52-63(86(2,3)4)53-80(90)82(79)87)84-69(58-32-16-9-17-33-58)49-62(57-30-14-8-15-31-57)50-70(84)59-34-18-10-19-35-59/h7-37,39-55H,5-6,38H2,1-4H3. The van der Waals surface area contributed by atoms with Crippen LogP contribution in [0.1, 0.15) is 51.7 Å². The van der Waals surface area contributed by atoms with Crippen LogP contribution in [0.5, 0.6) is 0 Å². The molecule has 2 aromatic heterocycles. The Hall–Kier alpha value is -10.9. The predicted molar refractivity (Wildman–Crippen MR) is 387 cm³/mol. The maximum Gasteiger partial charge on any atom is 0.252 e. The second-order valence-corrected chi connectivity index (χ2v) is 25.7. The molecule has 0 radical (unpaired) electrons. The number of fused-ring (bicyclic) bond motifs is 10. The Balaban J connectivity index is 1.06. The van der Waals surface area contributed by atoms with Crippen molar-refractivity contribution in [2.24, 2.45) is 0 Å². The molecule has 91 heavy (non-hydrogen) atoms. The minimum atomic E-state index is -0.293. The molecule has 0 saturated heterocycles. The summed E-state index contributed by atoms with van der Waals surface area (Å²) >= 11 is 0. The Morgan fingerprint density at radius 2 is 0.868 bits per heavy atom. The number of para-hydroxylation sites is 3. The molecule has 13 aromatic carbocycles. The van der Waals surface area contributed by atoms with Gasteiger partial charge in [-0.15, -0.1) is 0 Å². The van der Waals surface area contributed by atoms with E-state index in [9.17, 15) is 0 Å². The normalized spacial score (nSPS) is 12.7. The molecule has 5 heteroatoms. The second-order valence-electron chi connectivity index (χ2n) is 25.7. The molecule has 4 heterocycles. The van der Waals surface area contributed by atoms with Crippen molar-refractivity contribution >= 4 is 101 Å². The van der Waals surface area contributed by atoms with E-state index in [-0.39, 0.29) is 12.1 Å². The molecular weight excluding hydrogens is 1100 g/mol. The molecular formula is C86H66BN3O. The first kappa shape index (κ1) is 54.3. The maximum atomic E-state index is 7.30. The average Bonchev–Trinajstić information content (AvgIpc) is 0.874. The van der Waals surface area contributed by atoms with Gasteiger partial charge in [-0.1, -0.05) is 259 Å². The Labute approximate surface area is 532 Å². The Morgan fingerprint density at radius 3 is 1.43 bits per heavy atom. The van der Waals surface area contributed by atoms with Gasteiger partial charge in [-0.3, -0.25) is 0 Å². The van der Waals surface area contributed by atoms with Gasteiger partial charge in [0.1, 0.15) is 11.2 Å². The molecule has 0 bridgehead atoms. The molecule has 434 valence electrons. The third-order valence-electron chi connectivity index (χ3n) is 19.3. The number of rotatable bonds is 11. The molecule has 0 unspecified atom stereocenters. The number of aromatic nitrogens is 1. The number of anilines is 6. The van der Waals surface area contributed by atoms with Gasteiger partial charge in [0.05, 0.1) is 22.4 Å². The maximum absolute atomic E-state index is 7.30. The highest BCUT2D eigenvalue weighted by molar-refractivity contribution is 7.00. The average molecular weight is 1170 g/mol. The molecule has 0 aliphatic carbocycles. The minimum absolute atomic E-state index is 0.203. The number of nitrogens with zero attached hydrogens (tertiary/aromatic N) is 3. The Morgan fingerprint density at radius 1 is 0.374 bits per heavy atom. The number of benzene rings is 13. The van der Waals surface area contributed by atoms with Gasteiger partial charge in [-0.2, -0.15) is 0 Å². The van der Waals surface area contributed by atoms with Crippen LogP contribution in [0.3, 0.4) is 0 Å². The number of furan rings is 1. The van der Waals surface area contributed by atoms with E-state index in [1.54, 1.807) is 0 Å². The van der Waals surface area contributed by atoms with Crippen LogP contribution in [0.4, 0.5) is 34.1 Å². The van der Waals surface area contributed by atoms with Gasteiger partial charge in [0, 0.05) is 72.2 Å². The molecule has 2 aliphatic heterocycles. The van der Waals surface area contributed by atoms with E-state index in [2.05, 4.69) is 333 Å². The van der Waals surface area contributed by atoms with E-state index in [4.69, 9.17) is 4.42 Å². The van der Waals surface area contributed by atoms with Crippen LogP contribution in [0.2, 0.25) is 0 Å². The van der Waals surface area contributed by atoms with E-state index >= 15 is 0 Å². The molecule has 0 fully saturated rings. The summed E-state index contributed by atoms with van der Waals surface area (Å²) in [5.74, 6) is 0. The quantitative estimate of drug-likeness (QED) is 0.121. The summed E-state index contributed by atoms with van der Waals surface area (Å²) in [5, 5.41) is 4.73.